The molecule has 0 saturated carbocycles. The van der Waals surface area contributed by atoms with E-state index in [1.54, 1.807) is 10.9 Å². The summed E-state index contributed by atoms with van der Waals surface area (Å²) >= 11 is 0. The standard InChI is InChI=1S/C6H13N5/c1-4(2)11-3-5(7)6(9-8)10-11/h3-4H,7-8H2,1-2H3,(H,9,10). The van der Waals surface area contributed by atoms with Crippen molar-refractivity contribution in [3.8, 4) is 0 Å². The summed E-state index contributed by atoms with van der Waals surface area (Å²) in [5, 5.41) is 4.08. The first-order valence-corrected chi connectivity index (χ1v) is 3.46. The predicted molar refractivity (Wildman–Crippen MR) is 44.8 cm³/mol. The molecule has 1 rings (SSSR count). The van der Waals surface area contributed by atoms with Crippen molar-refractivity contribution in [2.24, 2.45) is 5.84 Å². The maximum atomic E-state index is 5.56. The van der Waals surface area contributed by atoms with E-state index in [4.69, 9.17) is 11.6 Å². The van der Waals surface area contributed by atoms with Crippen molar-refractivity contribution >= 4 is 11.5 Å². The van der Waals surface area contributed by atoms with Crippen molar-refractivity contribution in [2.75, 3.05) is 11.2 Å². The van der Waals surface area contributed by atoms with Crippen LogP contribution in [0.15, 0.2) is 6.20 Å². The molecule has 0 bridgehead atoms. The summed E-state index contributed by atoms with van der Waals surface area (Å²) in [7, 11) is 0. The fraction of sp³-hybridized carbons (Fsp3) is 0.500. The lowest BCUT2D eigenvalue weighted by Crippen LogP contribution is -2.09. The molecule has 5 N–H and O–H groups in total. The normalized spacial score (nSPS) is 10.5. The Morgan fingerprint density at radius 1 is 1.64 bits per heavy atom. The third-order valence-electron chi connectivity index (χ3n) is 1.43. The van der Waals surface area contributed by atoms with Crippen LogP contribution < -0.4 is 17.0 Å². The number of nitrogens with one attached hydrogen (secondary N) is 1. The summed E-state index contributed by atoms with van der Waals surface area (Å²) in [4.78, 5) is 0. The molecule has 1 heterocycles. The predicted octanol–water partition coefficient (Wildman–Crippen LogP) is 0.332. The fourth-order valence-electron chi connectivity index (χ4n) is 0.782. The number of hydrazine groups is 1. The van der Waals surface area contributed by atoms with E-state index in [1.807, 2.05) is 13.8 Å². The van der Waals surface area contributed by atoms with E-state index in [2.05, 4.69) is 10.5 Å². The van der Waals surface area contributed by atoms with E-state index < -0.39 is 0 Å². The molecule has 5 heteroatoms. The van der Waals surface area contributed by atoms with Gasteiger partial charge in [-0.15, -0.1) is 0 Å². The molecular weight excluding hydrogens is 142 g/mol. The van der Waals surface area contributed by atoms with Gasteiger partial charge < -0.3 is 11.2 Å². The third kappa shape index (κ3) is 1.43. The zero-order valence-electron chi connectivity index (χ0n) is 6.70. The summed E-state index contributed by atoms with van der Waals surface area (Å²) in [6, 6.07) is 0.305. The van der Waals surface area contributed by atoms with Gasteiger partial charge >= 0.3 is 0 Å². The number of anilines is 2. The van der Waals surface area contributed by atoms with Crippen LogP contribution in [0.4, 0.5) is 11.5 Å². The Kier molecular flexibility index (Phi) is 2.00. The first kappa shape index (κ1) is 7.87. The van der Waals surface area contributed by atoms with Gasteiger partial charge in [0.15, 0.2) is 5.82 Å². The molecule has 0 radical (unpaired) electrons. The molecule has 1 aromatic heterocycles. The number of aromatic nitrogens is 2. The number of rotatable bonds is 2. The Morgan fingerprint density at radius 3 is 2.55 bits per heavy atom. The minimum Gasteiger partial charge on any atom is -0.394 e. The van der Waals surface area contributed by atoms with Crippen molar-refractivity contribution in [3.63, 3.8) is 0 Å². The van der Waals surface area contributed by atoms with Crippen molar-refractivity contribution in [3.05, 3.63) is 6.20 Å². The lowest BCUT2D eigenvalue weighted by Gasteiger charge is -2.02. The Hall–Kier alpha value is -1.23. The van der Waals surface area contributed by atoms with Crippen molar-refractivity contribution in [2.45, 2.75) is 19.9 Å². The summed E-state index contributed by atoms with van der Waals surface area (Å²) < 4.78 is 1.75. The topological polar surface area (TPSA) is 81.9 Å². The van der Waals surface area contributed by atoms with E-state index in [1.165, 1.54) is 0 Å². The summed E-state index contributed by atoms with van der Waals surface area (Å²) in [6.07, 6.45) is 1.75. The van der Waals surface area contributed by atoms with E-state index in [0.29, 0.717) is 17.5 Å². The summed E-state index contributed by atoms with van der Waals surface area (Å²) in [5.41, 5.74) is 8.55. The molecule has 62 valence electrons. The molecule has 0 aliphatic carbocycles. The van der Waals surface area contributed by atoms with Crippen molar-refractivity contribution in [1.82, 2.24) is 9.78 Å². The van der Waals surface area contributed by atoms with Gasteiger partial charge in [0.25, 0.3) is 0 Å². The largest absolute Gasteiger partial charge is 0.394 e. The molecule has 0 spiro atoms. The Bertz CT molecular complexity index is 239. The number of nitrogen functional groups attached to an aromatic ring is 2. The Balaban J connectivity index is 2.95. The Morgan fingerprint density at radius 2 is 2.27 bits per heavy atom. The first-order valence-electron chi connectivity index (χ1n) is 3.46. The zero-order valence-corrected chi connectivity index (χ0v) is 6.70. The van der Waals surface area contributed by atoms with Crippen molar-refractivity contribution in [1.29, 1.82) is 0 Å². The van der Waals surface area contributed by atoms with E-state index in [0.717, 1.165) is 0 Å². The number of nitrogens with two attached hydrogens (primary N) is 2. The van der Waals surface area contributed by atoms with Crippen LogP contribution >= 0.6 is 0 Å². The molecule has 1 aromatic rings. The van der Waals surface area contributed by atoms with Gasteiger partial charge in [-0.05, 0) is 13.8 Å². The highest BCUT2D eigenvalue weighted by Gasteiger charge is 2.05. The van der Waals surface area contributed by atoms with Gasteiger partial charge in [0.1, 0.15) is 0 Å². The monoisotopic (exact) mass is 155 g/mol. The molecule has 0 aliphatic rings. The molecule has 0 atom stereocenters. The average Bonchev–Trinajstić information content (AvgIpc) is 2.31. The smallest absolute Gasteiger partial charge is 0.185 e. The van der Waals surface area contributed by atoms with E-state index in [9.17, 15) is 0 Å². The van der Waals surface area contributed by atoms with Crippen LogP contribution in [0, 0.1) is 0 Å². The van der Waals surface area contributed by atoms with Crippen LogP contribution in [-0.2, 0) is 0 Å². The number of nitrogens with zero attached hydrogens (tertiary/aromatic N) is 2. The van der Waals surface area contributed by atoms with Crippen LogP contribution in [0.25, 0.3) is 0 Å². The average molecular weight is 155 g/mol. The fourth-order valence-corrected chi connectivity index (χ4v) is 0.782. The van der Waals surface area contributed by atoms with Gasteiger partial charge in [-0.1, -0.05) is 0 Å². The zero-order chi connectivity index (χ0) is 8.43. The summed E-state index contributed by atoms with van der Waals surface area (Å²) in [6.45, 7) is 4.04. The SMILES string of the molecule is CC(C)n1cc(N)c(NN)n1. The van der Waals surface area contributed by atoms with Gasteiger partial charge in [-0.25, -0.2) is 5.84 Å². The molecule has 0 aromatic carbocycles. The third-order valence-corrected chi connectivity index (χ3v) is 1.43. The van der Waals surface area contributed by atoms with Crippen LogP contribution in [0.1, 0.15) is 19.9 Å². The highest BCUT2D eigenvalue weighted by atomic mass is 15.4. The molecule has 0 aliphatic heterocycles. The molecule has 0 saturated heterocycles. The van der Waals surface area contributed by atoms with Gasteiger partial charge in [-0.2, -0.15) is 5.10 Å². The minimum atomic E-state index is 0.305. The minimum absolute atomic E-state index is 0.305. The highest BCUT2D eigenvalue weighted by Crippen LogP contribution is 2.16. The molecule has 0 fully saturated rings. The maximum Gasteiger partial charge on any atom is 0.185 e. The molecule has 0 unspecified atom stereocenters. The quantitative estimate of drug-likeness (QED) is 0.424. The summed E-state index contributed by atoms with van der Waals surface area (Å²) in [5.74, 6) is 5.68. The van der Waals surface area contributed by atoms with Crippen LogP contribution in [0.2, 0.25) is 0 Å². The molecule has 5 nitrogen and oxygen atoms in total. The number of hydrogen-bond acceptors (Lipinski definition) is 4. The molecule has 0 amide bonds. The number of hydrogen-bond donors (Lipinski definition) is 3. The van der Waals surface area contributed by atoms with Gasteiger partial charge in [0.2, 0.25) is 0 Å². The van der Waals surface area contributed by atoms with Gasteiger partial charge in [0, 0.05) is 6.04 Å². The second-order valence-corrected chi connectivity index (χ2v) is 2.65. The van der Waals surface area contributed by atoms with Crippen LogP contribution in [0.5, 0.6) is 0 Å². The van der Waals surface area contributed by atoms with E-state index >= 15 is 0 Å². The second-order valence-electron chi connectivity index (χ2n) is 2.65. The second kappa shape index (κ2) is 2.79. The van der Waals surface area contributed by atoms with Crippen LogP contribution in [0.3, 0.4) is 0 Å². The maximum absolute atomic E-state index is 5.56. The van der Waals surface area contributed by atoms with E-state index in [-0.39, 0.29) is 0 Å². The van der Waals surface area contributed by atoms with Crippen molar-refractivity contribution < 1.29 is 0 Å². The van der Waals surface area contributed by atoms with Gasteiger partial charge in [0.05, 0.1) is 11.9 Å². The van der Waals surface area contributed by atoms with Crippen LogP contribution in [-0.4, -0.2) is 9.78 Å². The first-order chi connectivity index (χ1) is 5.15. The van der Waals surface area contributed by atoms with Gasteiger partial charge in [-0.3, -0.25) is 4.68 Å². The Labute approximate surface area is 65.3 Å². The lowest BCUT2D eigenvalue weighted by atomic mass is 10.4. The highest BCUT2D eigenvalue weighted by molar-refractivity contribution is 5.59. The molecular formula is C6H13N5. The lowest BCUT2D eigenvalue weighted by molar-refractivity contribution is 0.534. The molecule has 11 heavy (non-hydrogen) atoms.